The Morgan fingerprint density at radius 2 is 2.42 bits per heavy atom. The van der Waals surface area contributed by atoms with Crippen molar-refractivity contribution in [1.82, 2.24) is 10.1 Å². The largest absolute Gasteiger partial charge is 0.339 e. The maximum absolute atomic E-state index is 8.32. The first-order valence-corrected chi connectivity index (χ1v) is 4.09. The molecule has 0 unspecified atom stereocenters. The van der Waals surface area contributed by atoms with Gasteiger partial charge in [0.2, 0.25) is 5.89 Å². The standard InChI is InChI=1S/C8H9N3O/c9-5-1-2-7-10-8(11-12-7)6-3-4-6/h6H,1-4H2. The zero-order chi connectivity index (χ0) is 8.39. The summed E-state index contributed by atoms with van der Waals surface area (Å²) in [4.78, 5) is 4.18. The average molecular weight is 163 g/mol. The molecule has 0 radical (unpaired) electrons. The zero-order valence-electron chi connectivity index (χ0n) is 6.66. The van der Waals surface area contributed by atoms with Crippen molar-refractivity contribution in [1.29, 1.82) is 5.26 Å². The summed E-state index contributed by atoms with van der Waals surface area (Å²) in [5, 5.41) is 12.2. The van der Waals surface area contributed by atoms with Crippen LogP contribution in [-0.4, -0.2) is 10.1 Å². The van der Waals surface area contributed by atoms with Gasteiger partial charge in [0, 0.05) is 18.8 Å². The molecule has 1 fully saturated rings. The molecule has 0 aliphatic heterocycles. The van der Waals surface area contributed by atoms with Gasteiger partial charge in [-0.2, -0.15) is 10.2 Å². The SMILES string of the molecule is N#CCCc1nc(C2CC2)no1. The molecule has 4 heteroatoms. The summed E-state index contributed by atoms with van der Waals surface area (Å²) in [6, 6.07) is 2.04. The minimum Gasteiger partial charge on any atom is -0.339 e. The third-order valence-electron chi connectivity index (χ3n) is 1.88. The lowest BCUT2D eigenvalue weighted by Crippen LogP contribution is -1.85. The second-order valence-corrected chi connectivity index (χ2v) is 2.98. The Kier molecular flexibility index (Phi) is 1.78. The van der Waals surface area contributed by atoms with Crippen LogP contribution in [0, 0.1) is 11.3 Å². The van der Waals surface area contributed by atoms with Gasteiger partial charge >= 0.3 is 0 Å². The second kappa shape index (κ2) is 2.94. The van der Waals surface area contributed by atoms with Gasteiger partial charge in [-0.1, -0.05) is 5.16 Å². The molecule has 62 valence electrons. The summed E-state index contributed by atoms with van der Waals surface area (Å²) in [7, 11) is 0. The Morgan fingerprint density at radius 1 is 1.58 bits per heavy atom. The quantitative estimate of drug-likeness (QED) is 0.675. The molecular formula is C8H9N3O. The van der Waals surface area contributed by atoms with Crippen LogP contribution in [0.25, 0.3) is 0 Å². The van der Waals surface area contributed by atoms with E-state index in [1.165, 1.54) is 12.8 Å². The number of aryl methyl sites for hydroxylation is 1. The Bertz CT molecular complexity index is 308. The number of hydrogen-bond donors (Lipinski definition) is 0. The minimum atomic E-state index is 0.451. The van der Waals surface area contributed by atoms with Crippen LogP contribution in [-0.2, 0) is 6.42 Å². The van der Waals surface area contributed by atoms with Crippen molar-refractivity contribution in [3.05, 3.63) is 11.7 Å². The third kappa shape index (κ3) is 1.45. The molecule has 0 spiro atoms. The Labute approximate surface area is 70.2 Å². The van der Waals surface area contributed by atoms with E-state index in [0.717, 1.165) is 5.82 Å². The molecule has 1 aromatic rings. The van der Waals surface area contributed by atoms with Crippen molar-refractivity contribution in [2.24, 2.45) is 0 Å². The number of nitriles is 1. The van der Waals surface area contributed by atoms with Gasteiger partial charge < -0.3 is 4.52 Å². The maximum Gasteiger partial charge on any atom is 0.227 e. The molecule has 1 aromatic heterocycles. The molecule has 4 nitrogen and oxygen atoms in total. The van der Waals surface area contributed by atoms with Gasteiger partial charge in [0.15, 0.2) is 5.82 Å². The van der Waals surface area contributed by atoms with Crippen molar-refractivity contribution >= 4 is 0 Å². The predicted molar refractivity (Wildman–Crippen MR) is 40.2 cm³/mol. The topological polar surface area (TPSA) is 62.7 Å². The highest BCUT2D eigenvalue weighted by Gasteiger charge is 2.28. The predicted octanol–water partition coefficient (Wildman–Crippen LogP) is 1.40. The van der Waals surface area contributed by atoms with Crippen LogP contribution < -0.4 is 0 Å². The molecule has 0 amide bonds. The summed E-state index contributed by atoms with van der Waals surface area (Å²) in [5.41, 5.74) is 0. The highest BCUT2D eigenvalue weighted by molar-refractivity contribution is 5.03. The fourth-order valence-corrected chi connectivity index (χ4v) is 1.04. The smallest absolute Gasteiger partial charge is 0.227 e. The van der Waals surface area contributed by atoms with E-state index in [4.69, 9.17) is 9.78 Å². The summed E-state index contributed by atoms with van der Waals surface area (Å²) in [6.07, 6.45) is 3.39. The second-order valence-electron chi connectivity index (χ2n) is 2.98. The monoisotopic (exact) mass is 163 g/mol. The fraction of sp³-hybridized carbons (Fsp3) is 0.625. The van der Waals surface area contributed by atoms with Gasteiger partial charge in [-0.3, -0.25) is 0 Å². The van der Waals surface area contributed by atoms with Crippen LogP contribution in [0.4, 0.5) is 0 Å². The molecular weight excluding hydrogens is 154 g/mol. The molecule has 0 N–H and O–H groups in total. The average Bonchev–Trinajstić information content (AvgIpc) is 2.83. The van der Waals surface area contributed by atoms with E-state index in [2.05, 4.69) is 10.1 Å². The fourth-order valence-electron chi connectivity index (χ4n) is 1.04. The number of hydrogen-bond acceptors (Lipinski definition) is 4. The van der Waals surface area contributed by atoms with Crippen LogP contribution in [0.1, 0.15) is 36.9 Å². The van der Waals surface area contributed by atoms with E-state index in [-0.39, 0.29) is 0 Å². The highest BCUT2D eigenvalue weighted by Crippen LogP contribution is 2.38. The molecule has 0 saturated heterocycles. The van der Waals surface area contributed by atoms with Gasteiger partial charge in [-0.25, -0.2) is 0 Å². The van der Waals surface area contributed by atoms with Crippen molar-refractivity contribution < 1.29 is 4.52 Å². The van der Waals surface area contributed by atoms with E-state index in [9.17, 15) is 0 Å². The first kappa shape index (κ1) is 7.29. The van der Waals surface area contributed by atoms with Crippen LogP contribution in [0.3, 0.4) is 0 Å². The van der Waals surface area contributed by atoms with Crippen LogP contribution in [0.15, 0.2) is 4.52 Å². The minimum absolute atomic E-state index is 0.451. The first-order chi connectivity index (χ1) is 5.90. The lowest BCUT2D eigenvalue weighted by molar-refractivity contribution is 0.374. The van der Waals surface area contributed by atoms with Crippen molar-refractivity contribution in [3.63, 3.8) is 0 Å². The third-order valence-corrected chi connectivity index (χ3v) is 1.88. The van der Waals surface area contributed by atoms with E-state index in [1.807, 2.05) is 6.07 Å². The highest BCUT2D eigenvalue weighted by atomic mass is 16.5. The molecule has 1 saturated carbocycles. The van der Waals surface area contributed by atoms with E-state index in [0.29, 0.717) is 24.7 Å². The number of rotatable bonds is 3. The van der Waals surface area contributed by atoms with Gasteiger partial charge in [-0.05, 0) is 12.8 Å². The Balaban J connectivity index is 1.99. The van der Waals surface area contributed by atoms with Crippen LogP contribution >= 0.6 is 0 Å². The first-order valence-electron chi connectivity index (χ1n) is 4.09. The Hall–Kier alpha value is -1.37. The molecule has 1 aliphatic carbocycles. The molecule has 0 aromatic carbocycles. The summed E-state index contributed by atoms with van der Waals surface area (Å²) >= 11 is 0. The lowest BCUT2D eigenvalue weighted by Gasteiger charge is -1.82. The maximum atomic E-state index is 8.32. The molecule has 12 heavy (non-hydrogen) atoms. The van der Waals surface area contributed by atoms with Gasteiger partial charge in [0.1, 0.15) is 0 Å². The zero-order valence-corrected chi connectivity index (χ0v) is 6.66. The van der Waals surface area contributed by atoms with Gasteiger partial charge in [-0.15, -0.1) is 0 Å². The summed E-state index contributed by atoms with van der Waals surface area (Å²) in [6.45, 7) is 0. The normalized spacial score (nSPS) is 15.9. The van der Waals surface area contributed by atoms with E-state index < -0.39 is 0 Å². The molecule has 1 aliphatic rings. The van der Waals surface area contributed by atoms with Crippen molar-refractivity contribution in [2.45, 2.75) is 31.6 Å². The van der Waals surface area contributed by atoms with E-state index >= 15 is 0 Å². The lowest BCUT2D eigenvalue weighted by atomic mass is 10.3. The molecule has 0 atom stereocenters. The van der Waals surface area contributed by atoms with Crippen LogP contribution in [0.2, 0.25) is 0 Å². The Morgan fingerprint density at radius 3 is 3.08 bits per heavy atom. The molecule has 1 heterocycles. The summed E-state index contributed by atoms with van der Waals surface area (Å²) < 4.78 is 4.96. The molecule has 2 rings (SSSR count). The van der Waals surface area contributed by atoms with Gasteiger partial charge in [0.05, 0.1) is 6.07 Å². The summed E-state index contributed by atoms with van der Waals surface area (Å²) in [5.74, 6) is 1.95. The van der Waals surface area contributed by atoms with Crippen LogP contribution in [0.5, 0.6) is 0 Å². The van der Waals surface area contributed by atoms with Crippen molar-refractivity contribution in [2.75, 3.05) is 0 Å². The number of nitrogens with zero attached hydrogens (tertiary/aromatic N) is 3. The van der Waals surface area contributed by atoms with Gasteiger partial charge in [0.25, 0.3) is 0 Å². The van der Waals surface area contributed by atoms with Crippen molar-refractivity contribution in [3.8, 4) is 6.07 Å². The molecule has 0 bridgehead atoms. The van der Waals surface area contributed by atoms with E-state index in [1.54, 1.807) is 0 Å². The number of aromatic nitrogens is 2.